The van der Waals surface area contributed by atoms with Gasteiger partial charge in [0.05, 0.1) is 11.6 Å². The van der Waals surface area contributed by atoms with Gasteiger partial charge in [0.2, 0.25) is 5.91 Å². The fourth-order valence-corrected chi connectivity index (χ4v) is 3.79. The van der Waals surface area contributed by atoms with Gasteiger partial charge < -0.3 is 5.32 Å². The Morgan fingerprint density at radius 3 is 2.76 bits per heavy atom. The lowest BCUT2D eigenvalue weighted by atomic mass is 10.1. The van der Waals surface area contributed by atoms with Crippen LogP contribution in [0.5, 0.6) is 0 Å². The Balaban J connectivity index is 1.70. The maximum Gasteiger partial charge on any atom is 0.257 e. The van der Waals surface area contributed by atoms with Crippen molar-refractivity contribution in [1.29, 1.82) is 0 Å². The van der Waals surface area contributed by atoms with E-state index in [1.54, 1.807) is 0 Å². The number of rotatable bonds is 5. The van der Waals surface area contributed by atoms with Gasteiger partial charge in [-0.15, -0.1) is 11.3 Å². The first-order chi connectivity index (χ1) is 12.0. The van der Waals surface area contributed by atoms with E-state index in [4.69, 9.17) is 0 Å². The molecule has 3 rings (SSSR count). The minimum absolute atomic E-state index is 0.00480. The summed E-state index contributed by atoms with van der Waals surface area (Å²) in [4.78, 5) is 30.1. The van der Waals surface area contributed by atoms with Crippen molar-refractivity contribution in [1.82, 2.24) is 10.3 Å². The Morgan fingerprint density at radius 1 is 1.36 bits per heavy atom. The quantitative estimate of drug-likeness (QED) is 0.856. The van der Waals surface area contributed by atoms with Crippen LogP contribution in [-0.2, 0) is 11.2 Å². The van der Waals surface area contributed by atoms with Crippen LogP contribution in [0.15, 0.2) is 24.3 Å². The minimum atomic E-state index is -0.389. The Labute approximate surface area is 149 Å². The van der Waals surface area contributed by atoms with E-state index in [0.717, 1.165) is 29.8 Å². The van der Waals surface area contributed by atoms with Crippen molar-refractivity contribution >= 4 is 28.3 Å². The molecule has 1 aliphatic carbocycles. The smallest absolute Gasteiger partial charge is 0.257 e. The van der Waals surface area contributed by atoms with Crippen molar-refractivity contribution in [3.05, 3.63) is 46.2 Å². The highest BCUT2D eigenvalue weighted by molar-refractivity contribution is 7.16. The summed E-state index contributed by atoms with van der Waals surface area (Å²) in [6, 6.07) is 5.47. The molecule has 7 heteroatoms. The Hall–Kier alpha value is -2.28. The zero-order valence-electron chi connectivity index (χ0n) is 14.1. The van der Waals surface area contributed by atoms with Crippen LogP contribution in [0.3, 0.4) is 0 Å². The fourth-order valence-electron chi connectivity index (χ4n) is 2.75. The van der Waals surface area contributed by atoms with Gasteiger partial charge in [-0.1, -0.05) is 6.92 Å². The van der Waals surface area contributed by atoms with Crippen LogP contribution in [0.1, 0.15) is 53.5 Å². The number of aryl methyl sites for hydroxylation is 1. The van der Waals surface area contributed by atoms with Gasteiger partial charge in [-0.05, 0) is 50.5 Å². The number of carbonyl (C=O) groups is 2. The average molecular weight is 361 g/mol. The van der Waals surface area contributed by atoms with E-state index in [-0.39, 0.29) is 29.6 Å². The lowest BCUT2D eigenvalue weighted by Crippen LogP contribution is -2.35. The largest absolute Gasteiger partial charge is 0.353 e. The molecule has 2 aromatic rings. The predicted octanol–water partition coefficient (Wildman–Crippen LogP) is 3.48. The van der Waals surface area contributed by atoms with Gasteiger partial charge in [-0.3, -0.25) is 14.9 Å². The summed E-state index contributed by atoms with van der Waals surface area (Å²) in [5.41, 5.74) is 1.13. The number of hydrogen-bond acceptors (Lipinski definition) is 4. The number of benzene rings is 1. The summed E-state index contributed by atoms with van der Waals surface area (Å²) in [5.74, 6) is -0.987. The zero-order valence-corrected chi connectivity index (χ0v) is 15.0. The predicted molar refractivity (Wildman–Crippen MR) is 95.4 cm³/mol. The SMILES string of the molecule is CCC(C)NC(=O)C1CCc2sc(NC(=O)c3ccc(F)cc3)nc21. The summed E-state index contributed by atoms with van der Waals surface area (Å²) in [5, 5.41) is 6.20. The molecular weight excluding hydrogens is 341 g/mol. The molecule has 5 nitrogen and oxygen atoms in total. The highest BCUT2D eigenvalue weighted by Gasteiger charge is 2.33. The second kappa shape index (κ2) is 7.31. The van der Waals surface area contributed by atoms with Crippen LogP contribution in [0.2, 0.25) is 0 Å². The molecule has 1 aromatic carbocycles. The fraction of sp³-hybridized carbons (Fsp3) is 0.389. The molecule has 1 aliphatic rings. The number of halogens is 1. The molecule has 0 bridgehead atoms. The number of anilines is 1. The summed E-state index contributed by atoms with van der Waals surface area (Å²) in [6.45, 7) is 4.00. The highest BCUT2D eigenvalue weighted by atomic mass is 32.1. The van der Waals surface area contributed by atoms with Crippen molar-refractivity contribution < 1.29 is 14.0 Å². The first kappa shape index (κ1) is 17.5. The first-order valence-corrected chi connectivity index (χ1v) is 9.16. The van der Waals surface area contributed by atoms with Crippen molar-refractivity contribution in [3.8, 4) is 0 Å². The summed E-state index contributed by atoms with van der Waals surface area (Å²) in [7, 11) is 0. The Morgan fingerprint density at radius 2 is 2.08 bits per heavy atom. The molecule has 0 aliphatic heterocycles. The molecule has 0 radical (unpaired) electrons. The molecule has 1 aromatic heterocycles. The van der Waals surface area contributed by atoms with E-state index in [1.807, 2.05) is 13.8 Å². The molecular formula is C18H20FN3O2S. The Kier molecular flexibility index (Phi) is 5.13. The molecule has 25 heavy (non-hydrogen) atoms. The number of nitrogens with zero attached hydrogens (tertiary/aromatic N) is 1. The third kappa shape index (κ3) is 3.87. The van der Waals surface area contributed by atoms with Crippen molar-refractivity contribution in [2.75, 3.05) is 5.32 Å². The third-order valence-corrected chi connectivity index (χ3v) is 5.41. The van der Waals surface area contributed by atoms with E-state index < -0.39 is 0 Å². The molecule has 0 saturated heterocycles. The van der Waals surface area contributed by atoms with Gasteiger partial charge in [0.25, 0.3) is 5.91 Å². The van der Waals surface area contributed by atoms with Crippen LogP contribution in [-0.4, -0.2) is 22.8 Å². The van der Waals surface area contributed by atoms with E-state index in [0.29, 0.717) is 10.7 Å². The van der Waals surface area contributed by atoms with E-state index in [2.05, 4.69) is 15.6 Å². The van der Waals surface area contributed by atoms with E-state index in [1.165, 1.54) is 35.6 Å². The van der Waals surface area contributed by atoms with E-state index in [9.17, 15) is 14.0 Å². The van der Waals surface area contributed by atoms with Gasteiger partial charge >= 0.3 is 0 Å². The third-order valence-electron chi connectivity index (χ3n) is 4.36. The molecule has 0 saturated carbocycles. The normalized spacial score (nSPS) is 17.0. The van der Waals surface area contributed by atoms with Crippen molar-refractivity contribution in [2.45, 2.75) is 45.1 Å². The van der Waals surface area contributed by atoms with Gasteiger partial charge in [-0.25, -0.2) is 9.37 Å². The Bertz CT molecular complexity index is 788. The maximum absolute atomic E-state index is 12.9. The first-order valence-electron chi connectivity index (χ1n) is 8.34. The number of hydrogen-bond donors (Lipinski definition) is 2. The van der Waals surface area contributed by atoms with Crippen LogP contribution in [0.4, 0.5) is 9.52 Å². The van der Waals surface area contributed by atoms with Gasteiger partial charge in [0.1, 0.15) is 5.82 Å². The number of aromatic nitrogens is 1. The lowest BCUT2D eigenvalue weighted by molar-refractivity contribution is -0.123. The van der Waals surface area contributed by atoms with Crippen LogP contribution < -0.4 is 10.6 Å². The molecule has 2 amide bonds. The number of amides is 2. The monoisotopic (exact) mass is 361 g/mol. The van der Waals surface area contributed by atoms with Crippen molar-refractivity contribution in [2.24, 2.45) is 0 Å². The van der Waals surface area contributed by atoms with E-state index >= 15 is 0 Å². The highest BCUT2D eigenvalue weighted by Crippen LogP contribution is 2.38. The second-order valence-corrected chi connectivity index (χ2v) is 7.28. The minimum Gasteiger partial charge on any atom is -0.353 e. The van der Waals surface area contributed by atoms with Crippen LogP contribution in [0, 0.1) is 5.82 Å². The molecule has 2 unspecified atom stereocenters. The van der Waals surface area contributed by atoms with Crippen LogP contribution in [0.25, 0.3) is 0 Å². The molecule has 2 N–H and O–H groups in total. The lowest BCUT2D eigenvalue weighted by Gasteiger charge is -2.15. The van der Waals surface area contributed by atoms with Crippen molar-refractivity contribution in [3.63, 3.8) is 0 Å². The summed E-state index contributed by atoms with van der Waals surface area (Å²) in [6.07, 6.45) is 2.42. The number of fused-ring (bicyclic) bond motifs is 1. The topological polar surface area (TPSA) is 71.1 Å². The maximum atomic E-state index is 12.9. The molecule has 132 valence electrons. The summed E-state index contributed by atoms with van der Waals surface area (Å²) < 4.78 is 12.9. The molecule has 0 spiro atoms. The standard InChI is InChI=1S/C18H20FN3O2S/c1-3-10(2)20-17(24)13-8-9-14-15(13)21-18(25-14)22-16(23)11-4-6-12(19)7-5-11/h4-7,10,13H,3,8-9H2,1-2H3,(H,20,24)(H,21,22,23). The molecule has 1 heterocycles. The zero-order chi connectivity index (χ0) is 18.0. The van der Waals surface area contributed by atoms with Crippen LogP contribution >= 0.6 is 11.3 Å². The molecule has 0 fully saturated rings. The average Bonchev–Trinajstić information content (AvgIpc) is 3.14. The summed E-state index contributed by atoms with van der Waals surface area (Å²) >= 11 is 1.40. The number of carbonyl (C=O) groups excluding carboxylic acids is 2. The number of nitrogens with one attached hydrogen (secondary N) is 2. The number of thiazole rings is 1. The molecule has 2 atom stereocenters. The van der Waals surface area contributed by atoms with Gasteiger partial charge in [0, 0.05) is 16.5 Å². The van der Waals surface area contributed by atoms with Gasteiger partial charge in [0.15, 0.2) is 5.13 Å². The second-order valence-electron chi connectivity index (χ2n) is 6.20. The van der Waals surface area contributed by atoms with Gasteiger partial charge in [-0.2, -0.15) is 0 Å².